The van der Waals surface area contributed by atoms with Gasteiger partial charge in [0.05, 0.1) is 5.56 Å². The molecule has 24 heavy (non-hydrogen) atoms. The molecule has 0 amide bonds. The van der Waals surface area contributed by atoms with Gasteiger partial charge in [0.15, 0.2) is 0 Å². The number of para-hydroxylation sites is 1. The van der Waals surface area contributed by atoms with E-state index >= 15 is 0 Å². The van der Waals surface area contributed by atoms with Crippen molar-refractivity contribution in [3.05, 3.63) is 65.2 Å². The molecule has 0 aromatic heterocycles. The number of carboxylic acids is 1. The third kappa shape index (κ3) is 3.44. The molecule has 126 valence electrons. The maximum Gasteiger partial charge on any atom is 0.336 e. The van der Waals surface area contributed by atoms with E-state index in [9.17, 15) is 9.90 Å². The first-order valence-corrected chi connectivity index (χ1v) is 8.42. The highest BCUT2D eigenvalue weighted by Crippen LogP contribution is 2.24. The Labute approximate surface area is 143 Å². The number of rotatable bonds is 4. The van der Waals surface area contributed by atoms with Crippen molar-refractivity contribution < 1.29 is 9.90 Å². The van der Waals surface area contributed by atoms with E-state index in [4.69, 9.17) is 0 Å². The normalized spacial score (nSPS) is 18.6. The van der Waals surface area contributed by atoms with Gasteiger partial charge in [-0.1, -0.05) is 36.4 Å². The van der Waals surface area contributed by atoms with Crippen LogP contribution in [0.2, 0.25) is 0 Å². The summed E-state index contributed by atoms with van der Waals surface area (Å²) >= 11 is 0. The van der Waals surface area contributed by atoms with Crippen LogP contribution in [0, 0.1) is 6.92 Å². The number of carbonyl (C=O) groups is 1. The summed E-state index contributed by atoms with van der Waals surface area (Å²) in [5.41, 5.74) is 3.90. The van der Waals surface area contributed by atoms with Crippen LogP contribution in [-0.4, -0.2) is 41.7 Å². The molecule has 1 fully saturated rings. The van der Waals surface area contributed by atoms with Crippen LogP contribution in [0.3, 0.4) is 0 Å². The van der Waals surface area contributed by atoms with Crippen LogP contribution in [0.1, 0.15) is 28.4 Å². The van der Waals surface area contributed by atoms with Gasteiger partial charge in [0.25, 0.3) is 0 Å². The second-order valence-electron chi connectivity index (χ2n) is 6.51. The zero-order valence-corrected chi connectivity index (χ0v) is 14.3. The molecule has 0 aliphatic carbocycles. The summed E-state index contributed by atoms with van der Waals surface area (Å²) in [5, 5.41) is 9.36. The van der Waals surface area contributed by atoms with Gasteiger partial charge in [-0.2, -0.15) is 0 Å². The van der Waals surface area contributed by atoms with Gasteiger partial charge >= 0.3 is 5.97 Å². The minimum atomic E-state index is -0.850. The van der Waals surface area contributed by atoms with Gasteiger partial charge in [-0.05, 0) is 37.1 Å². The second-order valence-corrected chi connectivity index (χ2v) is 6.51. The van der Waals surface area contributed by atoms with E-state index in [2.05, 4.69) is 47.9 Å². The predicted molar refractivity (Wildman–Crippen MR) is 96.7 cm³/mol. The molecule has 0 bridgehead atoms. The van der Waals surface area contributed by atoms with Gasteiger partial charge < -0.3 is 10.0 Å². The summed E-state index contributed by atoms with van der Waals surface area (Å²) in [6, 6.07) is 16.2. The van der Waals surface area contributed by atoms with E-state index in [0.29, 0.717) is 18.2 Å². The third-order valence-corrected chi connectivity index (χ3v) is 4.84. The first-order chi connectivity index (χ1) is 11.6. The smallest absolute Gasteiger partial charge is 0.336 e. The molecule has 2 aromatic rings. The largest absolute Gasteiger partial charge is 0.478 e. The van der Waals surface area contributed by atoms with E-state index in [1.807, 2.05) is 12.1 Å². The number of aryl methyl sites for hydroxylation is 1. The van der Waals surface area contributed by atoms with E-state index in [0.717, 1.165) is 25.2 Å². The molecule has 0 unspecified atom stereocenters. The van der Waals surface area contributed by atoms with Crippen molar-refractivity contribution in [2.75, 3.05) is 24.5 Å². The standard InChI is InChI=1S/C20H24N2O2/c1-15-7-3-6-10-19(15)22-12-11-21(16(2)13-22)14-17-8-4-5-9-18(17)20(23)24/h3-10,16H,11-14H2,1-2H3,(H,23,24)/t16-/m0/s1. The molecule has 0 saturated carbocycles. The van der Waals surface area contributed by atoms with Crippen LogP contribution in [-0.2, 0) is 6.54 Å². The molecule has 1 heterocycles. The van der Waals surface area contributed by atoms with Crippen LogP contribution in [0.25, 0.3) is 0 Å². The molecule has 0 radical (unpaired) electrons. The number of hydrogen-bond donors (Lipinski definition) is 1. The van der Waals surface area contributed by atoms with Crippen molar-refractivity contribution in [3.63, 3.8) is 0 Å². The Morgan fingerprint density at radius 2 is 1.83 bits per heavy atom. The number of carboxylic acid groups (broad SMARTS) is 1. The van der Waals surface area contributed by atoms with E-state index in [1.165, 1.54) is 11.3 Å². The van der Waals surface area contributed by atoms with Crippen LogP contribution in [0.5, 0.6) is 0 Å². The summed E-state index contributed by atoms with van der Waals surface area (Å²) in [4.78, 5) is 16.2. The van der Waals surface area contributed by atoms with Gasteiger partial charge in [0.2, 0.25) is 0 Å². The van der Waals surface area contributed by atoms with E-state index in [-0.39, 0.29) is 0 Å². The summed E-state index contributed by atoms with van der Waals surface area (Å²) in [6.45, 7) is 7.91. The molecule has 1 atom stereocenters. The Hall–Kier alpha value is -2.33. The van der Waals surface area contributed by atoms with Gasteiger partial charge in [-0.15, -0.1) is 0 Å². The highest BCUT2D eigenvalue weighted by atomic mass is 16.4. The van der Waals surface area contributed by atoms with Crippen molar-refractivity contribution in [1.29, 1.82) is 0 Å². The van der Waals surface area contributed by atoms with Crippen molar-refractivity contribution in [2.24, 2.45) is 0 Å². The molecule has 2 aromatic carbocycles. The average Bonchev–Trinajstić information content (AvgIpc) is 2.57. The quantitative estimate of drug-likeness (QED) is 0.936. The van der Waals surface area contributed by atoms with Crippen molar-refractivity contribution in [1.82, 2.24) is 4.90 Å². The zero-order valence-electron chi connectivity index (χ0n) is 14.3. The number of hydrogen-bond acceptors (Lipinski definition) is 3. The fraction of sp³-hybridized carbons (Fsp3) is 0.350. The zero-order chi connectivity index (χ0) is 17.1. The number of nitrogens with zero attached hydrogens (tertiary/aromatic N) is 2. The summed E-state index contributed by atoms with van der Waals surface area (Å²) in [5.74, 6) is -0.850. The molecule has 1 N–H and O–H groups in total. The lowest BCUT2D eigenvalue weighted by Gasteiger charge is -2.41. The number of anilines is 1. The fourth-order valence-electron chi connectivity index (χ4n) is 3.45. The minimum Gasteiger partial charge on any atom is -0.478 e. The van der Waals surface area contributed by atoms with E-state index in [1.54, 1.807) is 12.1 Å². The predicted octanol–water partition coefficient (Wildman–Crippen LogP) is 3.40. The van der Waals surface area contributed by atoms with Crippen molar-refractivity contribution >= 4 is 11.7 Å². The van der Waals surface area contributed by atoms with Gasteiger partial charge in [-0.25, -0.2) is 4.79 Å². The maximum atomic E-state index is 11.4. The fourth-order valence-corrected chi connectivity index (χ4v) is 3.45. The highest BCUT2D eigenvalue weighted by Gasteiger charge is 2.25. The Morgan fingerprint density at radius 3 is 2.54 bits per heavy atom. The van der Waals surface area contributed by atoms with Crippen LogP contribution in [0.15, 0.2) is 48.5 Å². The molecule has 0 spiro atoms. The lowest BCUT2D eigenvalue weighted by molar-refractivity contribution is 0.0693. The van der Waals surface area contributed by atoms with Crippen LogP contribution >= 0.6 is 0 Å². The van der Waals surface area contributed by atoms with Gasteiger partial charge in [-0.3, -0.25) is 4.90 Å². The number of piperazine rings is 1. The first-order valence-electron chi connectivity index (χ1n) is 8.42. The summed E-state index contributed by atoms with van der Waals surface area (Å²) < 4.78 is 0. The molecular weight excluding hydrogens is 300 g/mol. The van der Waals surface area contributed by atoms with Crippen molar-refractivity contribution in [2.45, 2.75) is 26.4 Å². The molecule has 3 rings (SSSR count). The molecule has 1 aliphatic rings. The van der Waals surface area contributed by atoms with E-state index < -0.39 is 5.97 Å². The highest BCUT2D eigenvalue weighted by molar-refractivity contribution is 5.89. The third-order valence-electron chi connectivity index (χ3n) is 4.84. The Morgan fingerprint density at radius 1 is 1.12 bits per heavy atom. The molecule has 1 saturated heterocycles. The lowest BCUT2D eigenvalue weighted by atomic mass is 10.0. The molecule has 4 nitrogen and oxygen atoms in total. The van der Waals surface area contributed by atoms with Crippen LogP contribution < -0.4 is 4.90 Å². The number of benzene rings is 2. The Bertz CT molecular complexity index is 729. The topological polar surface area (TPSA) is 43.8 Å². The van der Waals surface area contributed by atoms with Crippen LogP contribution in [0.4, 0.5) is 5.69 Å². The lowest BCUT2D eigenvalue weighted by Crippen LogP contribution is -2.51. The van der Waals surface area contributed by atoms with Crippen molar-refractivity contribution in [3.8, 4) is 0 Å². The minimum absolute atomic E-state index is 0.375. The van der Waals surface area contributed by atoms with Gasteiger partial charge in [0.1, 0.15) is 0 Å². The summed E-state index contributed by atoms with van der Waals surface area (Å²) in [7, 11) is 0. The Kier molecular flexibility index (Phi) is 4.86. The SMILES string of the molecule is Cc1ccccc1N1CCN(Cc2ccccc2C(=O)O)[C@@H](C)C1. The summed E-state index contributed by atoms with van der Waals surface area (Å²) in [6.07, 6.45) is 0. The first kappa shape index (κ1) is 16.5. The number of aromatic carboxylic acids is 1. The molecule has 4 heteroatoms. The van der Waals surface area contributed by atoms with Gasteiger partial charge in [0, 0.05) is 37.9 Å². The Balaban J connectivity index is 1.71. The molecule has 1 aliphatic heterocycles. The second kappa shape index (κ2) is 7.05. The maximum absolute atomic E-state index is 11.4. The monoisotopic (exact) mass is 324 g/mol. The average molecular weight is 324 g/mol. The molecular formula is C20H24N2O2.